The lowest BCUT2D eigenvalue weighted by molar-refractivity contribution is -0.113. The number of halogens is 1. The zero-order valence-electron chi connectivity index (χ0n) is 13.0. The molecule has 2 rings (SSSR count). The number of anilines is 1. The highest BCUT2D eigenvalue weighted by atomic mass is 35.5. The van der Waals surface area contributed by atoms with Crippen LogP contribution in [-0.4, -0.2) is 31.6 Å². The highest BCUT2D eigenvalue weighted by Gasteiger charge is 2.21. The van der Waals surface area contributed by atoms with Crippen LogP contribution in [-0.2, 0) is 14.6 Å². The quantitative estimate of drug-likeness (QED) is 0.798. The highest BCUT2D eigenvalue weighted by Crippen LogP contribution is 2.13. The molecular formula is C17H16ClNO4S. The van der Waals surface area contributed by atoms with Gasteiger partial charge in [0.25, 0.3) is 0 Å². The number of aryl methyl sites for hydroxylation is 1. The van der Waals surface area contributed by atoms with Gasteiger partial charge in [0.1, 0.15) is 11.5 Å². The largest absolute Gasteiger partial charge is 0.325 e. The van der Waals surface area contributed by atoms with Gasteiger partial charge in [0.15, 0.2) is 15.6 Å². The van der Waals surface area contributed by atoms with Gasteiger partial charge in [0, 0.05) is 16.3 Å². The van der Waals surface area contributed by atoms with Gasteiger partial charge in [-0.3, -0.25) is 9.59 Å². The number of hydrogen-bond donors (Lipinski definition) is 1. The van der Waals surface area contributed by atoms with Crippen LogP contribution in [0.15, 0.2) is 48.5 Å². The zero-order chi connectivity index (χ0) is 17.7. The summed E-state index contributed by atoms with van der Waals surface area (Å²) in [5, 5.41) is 2.96. The average Bonchev–Trinajstić information content (AvgIpc) is 2.49. The molecule has 0 aliphatic rings. The molecule has 126 valence electrons. The van der Waals surface area contributed by atoms with Crippen LogP contribution in [0.4, 0.5) is 5.69 Å². The fraction of sp³-hybridized carbons (Fsp3) is 0.176. The molecule has 2 aromatic carbocycles. The number of ketones is 1. The van der Waals surface area contributed by atoms with Crippen molar-refractivity contribution >= 4 is 38.8 Å². The summed E-state index contributed by atoms with van der Waals surface area (Å²) in [5.74, 6) is -2.69. The van der Waals surface area contributed by atoms with Gasteiger partial charge in [0.05, 0.1) is 0 Å². The van der Waals surface area contributed by atoms with Gasteiger partial charge < -0.3 is 5.32 Å². The molecule has 0 heterocycles. The van der Waals surface area contributed by atoms with Crippen molar-refractivity contribution in [2.24, 2.45) is 0 Å². The summed E-state index contributed by atoms with van der Waals surface area (Å²) in [6.45, 7) is 1.87. The van der Waals surface area contributed by atoms with Gasteiger partial charge in [-0.05, 0) is 31.2 Å². The monoisotopic (exact) mass is 365 g/mol. The molecule has 0 atom stereocenters. The second-order valence-electron chi connectivity index (χ2n) is 5.38. The van der Waals surface area contributed by atoms with E-state index in [2.05, 4.69) is 5.32 Å². The van der Waals surface area contributed by atoms with Gasteiger partial charge in [-0.2, -0.15) is 0 Å². The topological polar surface area (TPSA) is 80.3 Å². The second-order valence-corrected chi connectivity index (χ2v) is 7.88. The van der Waals surface area contributed by atoms with E-state index < -0.39 is 33.0 Å². The lowest BCUT2D eigenvalue weighted by Crippen LogP contribution is -2.27. The summed E-state index contributed by atoms with van der Waals surface area (Å²) < 4.78 is 24.1. The van der Waals surface area contributed by atoms with Crippen molar-refractivity contribution < 1.29 is 18.0 Å². The third-order valence-electron chi connectivity index (χ3n) is 3.20. The Labute approximate surface area is 145 Å². The normalized spacial score (nSPS) is 11.1. The first-order valence-corrected chi connectivity index (χ1v) is 9.31. The smallest absolute Gasteiger partial charge is 0.239 e. The molecule has 1 N–H and O–H groups in total. The molecule has 0 saturated carbocycles. The number of amides is 1. The number of hydrogen-bond acceptors (Lipinski definition) is 4. The maximum Gasteiger partial charge on any atom is 0.239 e. The number of rotatable bonds is 6. The molecule has 24 heavy (non-hydrogen) atoms. The van der Waals surface area contributed by atoms with Crippen molar-refractivity contribution in [1.82, 2.24) is 0 Å². The number of carbonyl (C=O) groups is 2. The summed E-state index contributed by atoms with van der Waals surface area (Å²) in [6, 6.07) is 12.9. The van der Waals surface area contributed by atoms with Gasteiger partial charge in [-0.25, -0.2) is 8.42 Å². The predicted octanol–water partition coefficient (Wildman–Crippen LogP) is 2.88. The Morgan fingerprint density at radius 3 is 2.12 bits per heavy atom. The van der Waals surface area contributed by atoms with Crippen molar-refractivity contribution in [3.05, 3.63) is 64.7 Å². The molecule has 7 heteroatoms. The third-order valence-corrected chi connectivity index (χ3v) is 4.86. The molecule has 0 spiro atoms. The highest BCUT2D eigenvalue weighted by molar-refractivity contribution is 7.92. The maximum atomic E-state index is 12.0. The Hall–Kier alpha value is -2.18. The minimum absolute atomic E-state index is 0.308. The fourth-order valence-corrected chi connectivity index (χ4v) is 3.27. The van der Waals surface area contributed by atoms with E-state index in [-0.39, 0.29) is 0 Å². The van der Waals surface area contributed by atoms with E-state index in [4.69, 9.17) is 11.6 Å². The fourth-order valence-electron chi connectivity index (χ4n) is 2.00. The van der Waals surface area contributed by atoms with E-state index in [0.29, 0.717) is 16.3 Å². The molecule has 0 radical (unpaired) electrons. The first-order chi connectivity index (χ1) is 11.2. The van der Waals surface area contributed by atoms with Gasteiger partial charge >= 0.3 is 0 Å². The van der Waals surface area contributed by atoms with Crippen LogP contribution in [0.5, 0.6) is 0 Å². The van der Waals surface area contributed by atoms with Gasteiger partial charge in [-0.1, -0.05) is 41.4 Å². The zero-order valence-corrected chi connectivity index (χ0v) is 14.5. The van der Waals surface area contributed by atoms with Crippen molar-refractivity contribution in [3.63, 3.8) is 0 Å². The van der Waals surface area contributed by atoms with Crippen LogP contribution in [0.1, 0.15) is 15.9 Å². The van der Waals surface area contributed by atoms with Gasteiger partial charge in [-0.15, -0.1) is 0 Å². The second kappa shape index (κ2) is 7.59. The molecule has 1 amide bonds. The maximum absolute atomic E-state index is 12.0. The molecule has 0 aliphatic carbocycles. The number of Topliss-reactive ketones (excluding diaryl/α,β-unsaturated/α-hetero) is 1. The molecule has 5 nitrogen and oxygen atoms in total. The van der Waals surface area contributed by atoms with E-state index >= 15 is 0 Å². The van der Waals surface area contributed by atoms with Gasteiger partial charge in [0.2, 0.25) is 5.91 Å². The summed E-state index contributed by atoms with van der Waals surface area (Å²) in [5.41, 5.74) is 1.71. The van der Waals surface area contributed by atoms with Crippen molar-refractivity contribution in [2.45, 2.75) is 6.92 Å². The molecule has 0 aliphatic heterocycles. The van der Waals surface area contributed by atoms with E-state index in [1.54, 1.807) is 48.5 Å². The molecule has 0 unspecified atom stereocenters. The van der Waals surface area contributed by atoms with E-state index in [9.17, 15) is 18.0 Å². The number of sulfone groups is 1. The Balaban J connectivity index is 1.97. The summed E-state index contributed by atoms with van der Waals surface area (Å²) >= 11 is 5.73. The summed E-state index contributed by atoms with van der Waals surface area (Å²) in [6.07, 6.45) is 0. The van der Waals surface area contributed by atoms with E-state index in [1.165, 1.54) is 0 Å². The molecular weight excluding hydrogens is 350 g/mol. The molecule has 0 fully saturated rings. The lowest BCUT2D eigenvalue weighted by atomic mass is 10.1. The Morgan fingerprint density at radius 1 is 0.958 bits per heavy atom. The number of benzene rings is 2. The molecule has 0 aromatic heterocycles. The SMILES string of the molecule is Cc1ccc(C(=O)CS(=O)(=O)CC(=O)Nc2ccc(Cl)cc2)cc1. The van der Waals surface area contributed by atoms with Crippen LogP contribution in [0.25, 0.3) is 0 Å². The van der Waals surface area contributed by atoms with E-state index in [1.807, 2.05) is 6.92 Å². The number of carbonyl (C=O) groups excluding carboxylic acids is 2. The Morgan fingerprint density at radius 2 is 1.54 bits per heavy atom. The molecule has 0 bridgehead atoms. The van der Waals surface area contributed by atoms with E-state index in [0.717, 1.165) is 5.56 Å². The van der Waals surface area contributed by atoms with Crippen LogP contribution < -0.4 is 5.32 Å². The van der Waals surface area contributed by atoms with Crippen LogP contribution in [0.3, 0.4) is 0 Å². The summed E-state index contributed by atoms with van der Waals surface area (Å²) in [4.78, 5) is 23.9. The summed E-state index contributed by atoms with van der Waals surface area (Å²) in [7, 11) is -3.85. The van der Waals surface area contributed by atoms with Crippen molar-refractivity contribution in [3.8, 4) is 0 Å². The minimum Gasteiger partial charge on any atom is -0.325 e. The minimum atomic E-state index is -3.85. The first-order valence-electron chi connectivity index (χ1n) is 7.11. The van der Waals surface area contributed by atoms with Crippen molar-refractivity contribution in [1.29, 1.82) is 0 Å². The van der Waals surface area contributed by atoms with Crippen LogP contribution >= 0.6 is 11.6 Å². The molecule has 0 saturated heterocycles. The number of nitrogens with one attached hydrogen (secondary N) is 1. The lowest BCUT2D eigenvalue weighted by Gasteiger charge is -2.06. The average molecular weight is 366 g/mol. The third kappa shape index (κ3) is 5.47. The first kappa shape index (κ1) is 18.2. The predicted molar refractivity (Wildman–Crippen MR) is 94.2 cm³/mol. The van der Waals surface area contributed by atoms with Crippen LogP contribution in [0, 0.1) is 6.92 Å². The Bertz CT molecular complexity index is 843. The molecule has 2 aromatic rings. The van der Waals surface area contributed by atoms with Crippen LogP contribution in [0.2, 0.25) is 5.02 Å². The Kier molecular flexibility index (Phi) is 5.75. The standard InChI is InChI=1S/C17H16ClNO4S/c1-12-2-4-13(5-3-12)16(20)10-24(22,23)11-17(21)19-15-8-6-14(18)7-9-15/h2-9H,10-11H2,1H3,(H,19,21). The van der Waals surface area contributed by atoms with Crippen molar-refractivity contribution in [2.75, 3.05) is 16.8 Å².